The lowest BCUT2D eigenvalue weighted by atomic mass is 10.2. The zero-order valence-electron chi connectivity index (χ0n) is 8.23. The minimum atomic E-state index is 0.148. The summed E-state index contributed by atoms with van der Waals surface area (Å²) in [5, 5.41) is 13.0. The van der Waals surface area contributed by atoms with E-state index in [-0.39, 0.29) is 12.5 Å². The van der Waals surface area contributed by atoms with Gasteiger partial charge in [0.2, 0.25) is 0 Å². The zero-order chi connectivity index (χ0) is 11.4. The molecular formula is C10H12BrCl2NO. The van der Waals surface area contributed by atoms with Crippen molar-refractivity contribution in [3.63, 3.8) is 0 Å². The molecule has 0 fully saturated rings. The third kappa shape index (κ3) is 3.52. The molecule has 1 aromatic rings. The van der Waals surface area contributed by atoms with Gasteiger partial charge in [0.25, 0.3) is 0 Å². The summed E-state index contributed by atoms with van der Waals surface area (Å²) in [5.41, 5.74) is 0.783. The van der Waals surface area contributed by atoms with E-state index in [1.54, 1.807) is 0 Å². The third-order valence-electron chi connectivity index (χ3n) is 1.99. The highest BCUT2D eigenvalue weighted by molar-refractivity contribution is 9.10. The molecule has 0 saturated heterocycles. The van der Waals surface area contributed by atoms with Crippen LogP contribution in [0.4, 0.5) is 5.69 Å². The molecule has 0 aliphatic rings. The molecule has 15 heavy (non-hydrogen) atoms. The Bertz CT molecular complexity index is 346. The molecule has 0 bridgehead atoms. The van der Waals surface area contributed by atoms with Crippen LogP contribution in [0.2, 0.25) is 10.0 Å². The van der Waals surface area contributed by atoms with Crippen molar-refractivity contribution in [2.45, 2.75) is 6.92 Å². The Balaban J connectivity index is 2.74. The first-order valence-electron chi connectivity index (χ1n) is 4.54. The summed E-state index contributed by atoms with van der Waals surface area (Å²) in [7, 11) is 0. The van der Waals surface area contributed by atoms with Gasteiger partial charge in [0.05, 0.1) is 15.7 Å². The molecule has 0 aromatic heterocycles. The van der Waals surface area contributed by atoms with Crippen molar-refractivity contribution in [2.24, 2.45) is 5.92 Å². The van der Waals surface area contributed by atoms with Crippen LogP contribution in [-0.4, -0.2) is 18.3 Å². The summed E-state index contributed by atoms with van der Waals surface area (Å²) < 4.78 is 0.773. The van der Waals surface area contributed by atoms with E-state index >= 15 is 0 Å². The van der Waals surface area contributed by atoms with Crippen molar-refractivity contribution < 1.29 is 5.11 Å². The Labute approximate surface area is 108 Å². The molecule has 84 valence electrons. The fourth-order valence-electron chi connectivity index (χ4n) is 1.01. The molecule has 1 unspecified atom stereocenters. The lowest BCUT2D eigenvalue weighted by Gasteiger charge is -2.13. The quantitative estimate of drug-likeness (QED) is 0.829. The van der Waals surface area contributed by atoms with Gasteiger partial charge in [-0.1, -0.05) is 30.1 Å². The van der Waals surface area contributed by atoms with Crippen LogP contribution < -0.4 is 5.32 Å². The van der Waals surface area contributed by atoms with Crippen LogP contribution >= 0.6 is 39.1 Å². The average molecular weight is 313 g/mol. The fraction of sp³-hybridized carbons (Fsp3) is 0.400. The van der Waals surface area contributed by atoms with Gasteiger partial charge in [0.1, 0.15) is 0 Å². The molecule has 2 nitrogen and oxygen atoms in total. The summed E-state index contributed by atoms with van der Waals surface area (Å²) in [6.07, 6.45) is 0. The van der Waals surface area contributed by atoms with Gasteiger partial charge < -0.3 is 10.4 Å². The molecule has 0 saturated carbocycles. The molecule has 0 amide bonds. The largest absolute Gasteiger partial charge is 0.396 e. The van der Waals surface area contributed by atoms with Crippen molar-refractivity contribution in [1.82, 2.24) is 0 Å². The molecule has 2 N–H and O–H groups in total. The Hall–Kier alpha value is 0.0400. The topological polar surface area (TPSA) is 32.3 Å². The summed E-state index contributed by atoms with van der Waals surface area (Å²) in [6.45, 7) is 2.75. The van der Waals surface area contributed by atoms with Crippen LogP contribution in [0.3, 0.4) is 0 Å². The second-order valence-electron chi connectivity index (χ2n) is 3.39. The van der Waals surface area contributed by atoms with Gasteiger partial charge in [-0.25, -0.2) is 0 Å². The van der Waals surface area contributed by atoms with Crippen molar-refractivity contribution in [2.75, 3.05) is 18.5 Å². The zero-order valence-corrected chi connectivity index (χ0v) is 11.3. The van der Waals surface area contributed by atoms with Crippen LogP contribution in [0.1, 0.15) is 6.92 Å². The van der Waals surface area contributed by atoms with E-state index in [2.05, 4.69) is 21.2 Å². The second-order valence-corrected chi connectivity index (χ2v) is 5.00. The summed E-state index contributed by atoms with van der Waals surface area (Å²) in [6, 6.07) is 3.68. The predicted octanol–water partition coefficient (Wildman–Crippen LogP) is 3.80. The van der Waals surface area contributed by atoms with Gasteiger partial charge in [-0.3, -0.25) is 0 Å². The van der Waals surface area contributed by atoms with Gasteiger partial charge in [0.15, 0.2) is 0 Å². The normalized spacial score (nSPS) is 12.6. The van der Waals surface area contributed by atoms with Gasteiger partial charge in [-0.05, 0) is 34.0 Å². The molecule has 1 aromatic carbocycles. The molecular weight excluding hydrogens is 301 g/mol. The Morgan fingerprint density at radius 2 is 2.07 bits per heavy atom. The van der Waals surface area contributed by atoms with Crippen LogP contribution in [0.5, 0.6) is 0 Å². The molecule has 0 aliphatic heterocycles. The van der Waals surface area contributed by atoms with Crippen molar-refractivity contribution in [3.8, 4) is 0 Å². The van der Waals surface area contributed by atoms with E-state index < -0.39 is 0 Å². The first-order valence-corrected chi connectivity index (χ1v) is 6.09. The number of aliphatic hydroxyl groups is 1. The number of benzene rings is 1. The van der Waals surface area contributed by atoms with E-state index in [1.807, 2.05) is 19.1 Å². The Morgan fingerprint density at radius 3 is 2.67 bits per heavy atom. The molecule has 5 heteroatoms. The standard InChI is InChI=1S/C10H12BrCl2NO/c1-6(5-15)4-14-8-3-2-7(11)9(12)10(8)13/h2-3,6,14-15H,4-5H2,1H3. The van der Waals surface area contributed by atoms with Gasteiger partial charge >= 0.3 is 0 Å². The van der Waals surface area contributed by atoms with E-state index in [9.17, 15) is 0 Å². The van der Waals surface area contributed by atoms with Gasteiger partial charge in [-0.2, -0.15) is 0 Å². The lowest BCUT2D eigenvalue weighted by Crippen LogP contribution is -2.14. The summed E-state index contributed by atoms with van der Waals surface area (Å²) >= 11 is 15.3. The number of halogens is 3. The van der Waals surface area contributed by atoms with E-state index in [1.165, 1.54) is 0 Å². The summed E-state index contributed by atoms with van der Waals surface area (Å²) in [4.78, 5) is 0. The van der Waals surface area contributed by atoms with Gasteiger partial charge in [0, 0.05) is 17.6 Å². The number of hydrogen-bond donors (Lipinski definition) is 2. The summed E-state index contributed by atoms with van der Waals surface area (Å²) in [5.74, 6) is 0.184. The van der Waals surface area contributed by atoms with Crippen LogP contribution in [0.25, 0.3) is 0 Å². The number of nitrogens with one attached hydrogen (secondary N) is 1. The van der Waals surface area contributed by atoms with E-state index in [0.717, 1.165) is 10.2 Å². The molecule has 0 spiro atoms. The van der Waals surface area contributed by atoms with Crippen LogP contribution in [-0.2, 0) is 0 Å². The van der Waals surface area contributed by atoms with Crippen LogP contribution in [0.15, 0.2) is 16.6 Å². The monoisotopic (exact) mass is 311 g/mol. The molecule has 0 aliphatic carbocycles. The highest BCUT2D eigenvalue weighted by atomic mass is 79.9. The maximum Gasteiger partial charge on any atom is 0.0835 e. The number of rotatable bonds is 4. The van der Waals surface area contributed by atoms with Crippen LogP contribution in [0, 0.1) is 5.92 Å². The number of hydrogen-bond acceptors (Lipinski definition) is 2. The predicted molar refractivity (Wildman–Crippen MR) is 68.9 cm³/mol. The van der Waals surface area contributed by atoms with E-state index in [4.69, 9.17) is 28.3 Å². The van der Waals surface area contributed by atoms with Crippen molar-refractivity contribution in [3.05, 3.63) is 26.7 Å². The molecule has 1 rings (SSSR count). The molecule has 1 atom stereocenters. The highest BCUT2D eigenvalue weighted by Gasteiger charge is 2.08. The fourth-order valence-corrected chi connectivity index (χ4v) is 1.85. The third-order valence-corrected chi connectivity index (χ3v) is 3.76. The smallest absolute Gasteiger partial charge is 0.0835 e. The first kappa shape index (κ1) is 13.1. The number of anilines is 1. The van der Waals surface area contributed by atoms with E-state index in [0.29, 0.717) is 16.6 Å². The van der Waals surface area contributed by atoms with Crippen molar-refractivity contribution in [1.29, 1.82) is 0 Å². The van der Waals surface area contributed by atoms with Gasteiger partial charge in [-0.15, -0.1) is 0 Å². The minimum absolute atomic E-state index is 0.148. The second kappa shape index (κ2) is 5.94. The maximum absolute atomic E-state index is 8.87. The minimum Gasteiger partial charge on any atom is -0.396 e. The molecule has 0 heterocycles. The number of aliphatic hydroxyl groups excluding tert-OH is 1. The average Bonchev–Trinajstić information content (AvgIpc) is 2.24. The highest BCUT2D eigenvalue weighted by Crippen LogP contribution is 2.35. The van der Waals surface area contributed by atoms with Crippen molar-refractivity contribution >= 4 is 44.8 Å². The maximum atomic E-state index is 8.87. The molecule has 0 radical (unpaired) electrons. The Morgan fingerprint density at radius 1 is 1.40 bits per heavy atom. The Kier molecular flexibility index (Phi) is 5.19. The SMILES string of the molecule is CC(CO)CNc1ccc(Br)c(Cl)c1Cl. The first-order chi connectivity index (χ1) is 7.06. The lowest BCUT2D eigenvalue weighted by molar-refractivity contribution is 0.244.